The highest BCUT2D eigenvalue weighted by Crippen LogP contribution is 2.34. The van der Waals surface area contributed by atoms with Gasteiger partial charge < -0.3 is 15.0 Å². The van der Waals surface area contributed by atoms with Gasteiger partial charge in [0.05, 0.1) is 6.10 Å². The molecule has 0 bridgehead atoms. The maximum atomic E-state index is 12.5. The molecule has 5 nitrogen and oxygen atoms in total. The van der Waals surface area contributed by atoms with Gasteiger partial charge in [0.1, 0.15) is 0 Å². The van der Waals surface area contributed by atoms with Gasteiger partial charge in [0.15, 0.2) is 0 Å². The summed E-state index contributed by atoms with van der Waals surface area (Å²) in [6.45, 7) is 16.4. The van der Waals surface area contributed by atoms with E-state index in [-0.39, 0.29) is 17.6 Å². The van der Waals surface area contributed by atoms with Gasteiger partial charge >= 0.3 is 6.03 Å². The van der Waals surface area contributed by atoms with Crippen LogP contribution < -0.4 is 5.32 Å². The molecule has 1 N–H and O–H groups in total. The first-order chi connectivity index (χ1) is 10.9. The van der Waals surface area contributed by atoms with E-state index in [4.69, 9.17) is 4.74 Å². The standard InChI is InChI=1S/C18H35N3O2/c1-6-20(7-2)15-8-10-21(13-15)17(22)19-12-14-9-11-23-16(14)18(3,4)5/h14-16H,6-13H2,1-5H3,(H,19,22)/t14-,15-,16-/m1/s1. The Morgan fingerprint density at radius 2 is 1.96 bits per heavy atom. The number of urea groups is 1. The van der Waals surface area contributed by atoms with Crippen LogP contribution in [-0.2, 0) is 4.74 Å². The summed E-state index contributed by atoms with van der Waals surface area (Å²) in [5.41, 5.74) is 0.132. The molecule has 0 aromatic heterocycles. The molecule has 2 rings (SSSR count). The minimum Gasteiger partial charge on any atom is -0.377 e. The summed E-state index contributed by atoms with van der Waals surface area (Å²) in [5.74, 6) is 0.431. The van der Waals surface area contributed by atoms with Gasteiger partial charge in [-0.05, 0) is 31.3 Å². The molecule has 5 heteroatoms. The second-order valence-corrected chi connectivity index (χ2v) is 8.00. The molecule has 2 fully saturated rings. The average molecular weight is 325 g/mol. The molecule has 0 spiro atoms. The first kappa shape index (κ1) is 18.5. The Morgan fingerprint density at radius 3 is 2.57 bits per heavy atom. The Hall–Kier alpha value is -0.810. The van der Waals surface area contributed by atoms with Crippen molar-refractivity contribution in [2.24, 2.45) is 11.3 Å². The number of carbonyl (C=O) groups is 1. The fourth-order valence-corrected chi connectivity index (χ4v) is 4.09. The monoisotopic (exact) mass is 325 g/mol. The molecule has 0 aromatic rings. The summed E-state index contributed by atoms with van der Waals surface area (Å²) in [4.78, 5) is 16.9. The van der Waals surface area contributed by atoms with Gasteiger partial charge in [0.2, 0.25) is 0 Å². The van der Waals surface area contributed by atoms with E-state index >= 15 is 0 Å². The first-order valence-corrected chi connectivity index (χ1v) is 9.25. The number of carbonyl (C=O) groups excluding carboxylic acids is 1. The van der Waals surface area contributed by atoms with Crippen LogP contribution in [0, 0.1) is 11.3 Å². The average Bonchev–Trinajstić information content (AvgIpc) is 3.15. The zero-order valence-electron chi connectivity index (χ0n) is 15.6. The number of nitrogens with zero attached hydrogens (tertiary/aromatic N) is 2. The Kier molecular flexibility index (Phi) is 6.32. The van der Waals surface area contributed by atoms with Gasteiger partial charge in [-0.1, -0.05) is 34.6 Å². The molecule has 3 atom stereocenters. The van der Waals surface area contributed by atoms with Crippen LogP contribution in [0.2, 0.25) is 0 Å². The van der Waals surface area contributed by atoms with Crippen molar-refractivity contribution in [2.75, 3.05) is 39.3 Å². The smallest absolute Gasteiger partial charge is 0.317 e. The summed E-state index contributed by atoms with van der Waals surface area (Å²) in [5, 5.41) is 3.15. The van der Waals surface area contributed by atoms with Crippen LogP contribution in [0.4, 0.5) is 4.79 Å². The SMILES string of the molecule is CCN(CC)[C@@H]1CCN(C(=O)NC[C@H]2CCO[C@H]2C(C)(C)C)C1. The van der Waals surface area contributed by atoms with E-state index in [1.54, 1.807) is 0 Å². The highest BCUT2D eigenvalue weighted by atomic mass is 16.5. The summed E-state index contributed by atoms with van der Waals surface area (Å²) >= 11 is 0. The molecule has 0 aromatic carbocycles. The highest BCUT2D eigenvalue weighted by molar-refractivity contribution is 5.74. The Labute approximate surface area is 141 Å². The summed E-state index contributed by atoms with van der Waals surface area (Å²) in [7, 11) is 0. The molecule has 2 aliphatic heterocycles. The van der Waals surface area contributed by atoms with Crippen LogP contribution >= 0.6 is 0 Å². The molecule has 2 heterocycles. The summed E-state index contributed by atoms with van der Waals surface area (Å²) in [6.07, 6.45) is 2.38. The zero-order chi connectivity index (χ0) is 17.0. The lowest BCUT2D eigenvalue weighted by Gasteiger charge is -2.31. The molecule has 0 aliphatic carbocycles. The molecule has 23 heavy (non-hydrogen) atoms. The van der Waals surface area contributed by atoms with Crippen LogP contribution in [0.15, 0.2) is 0 Å². The number of amides is 2. The Balaban J connectivity index is 1.79. The highest BCUT2D eigenvalue weighted by Gasteiger charge is 2.37. The molecule has 0 radical (unpaired) electrons. The van der Waals surface area contributed by atoms with Gasteiger partial charge in [-0.15, -0.1) is 0 Å². The maximum Gasteiger partial charge on any atom is 0.317 e. The van der Waals surface area contributed by atoms with E-state index in [9.17, 15) is 4.79 Å². The fourth-order valence-electron chi connectivity index (χ4n) is 4.09. The molecule has 2 amide bonds. The largest absolute Gasteiger partial charge is 0.377 e. The molecular formula is C18H35N3O2. The number of hydrogen-bond acceptors (Lipinski definition) is 3. The number of likely N-dealkylation sites (tertiary alicyclic amines) is 1. The maximum absolute atomic E-state index is 12.5. The molecule has 0 unspecified atom stereocenters. The van der Waals surface area contributed by atoms with E-state index in [1.165, 1.54) is 0 Å². The van der Waals surface area contributed by atoms with Gasteiger partial charge in [-0.2, -0.15) is 0 Å². The lowest BCUT2D eigenvalue weighted by Crippen LogP contribution is -2.45. The van der Waals surface area contributed by atoms with Crippen LogP contribution in [0.3, 0.4) is 0 Å². The van der Waals surface area contributed by atoms with Crippen LogP contribution in [-0.4, -0.2) is 67.3 Å². The first-order valence-electron chi connectivity index (χ1n) is 9.25. The topological polar surface area (TPSA) is 44.8 Å². The van der Waals surface area contributed by atoms with Gasteiger partial charge in [-0.25, -0.2) is 4.79 Å². The van der Waals surface area contributed by atoms with Crippen LogP contribution in [0.1, 0.15) is 47.5 Å². The van der Waals surface area contributed by atoms with Crippen molar-refractivity contribution in [1.82, 2.24) is 15.1 Å². The minimum atomic E-state index is 0.0965. The Bertz CT molecular complexity index is 390. The van der Waals surface area contributed by atoms with E-state index in [1.807, 2.05) is 4.90 Å². The number of likely N-dealkylation sites (N-methyl/N-ethyl adjacent to an activating group) is 1. The predicted molar refractivity (Wildman–Crippen MR) is 93.6 cm³/mol. The third-order valence-corrected chi connectivity index (χ3v) is 5.36. The second-order valence-electron chi connectivity index (χ2n) is 8.00. The molecule has 2 saturated heterocycles. The van der Waals surface area contributed by atoms with Crippen molar-refractivity contribution >= 4 is 6.03 Å². The van der Waals surface area contributed by atoms with E-state index < -0.39 is 0 Å². The van der Waals surface area contributed by atoms with E-state index in [0.29, 0.717) is 12.0 Å². The second kappa shape index (κ2) is 7.84. The van der Waals surface area contributed by atoms with Crippen molar-refractivity contribution < 1.29 is 9.53 Å². The molecule has 0 saturated carbocycles. The van der Waals surface area contributed by atoms with Gasteiger partial charge in [-0.3, -0.25) is 4.90 Å². The van der Waals surface area contributed by atoms with Crippen molar-refractivity contribution in [2.45, 2.75) is 59.6 Å². The predicted octanol–water partition coefficient (Wildman–Crippen LogP) is 2.56. The quantitative estimate of drug-likeness (QED) is 0.845. The minimum absolute atomic E-state index is 0.0965. The number of rotatable bonds is 5. The summed E-state index contributed by atoms with van der Waals surface area (Å²) < 4.78 is 5.89. The fraction of sp³-hybridized carbons (Fsp3) is 0.944. The van der Waals surface area contributed by atoms with Crippen molar-refractivity contribution in [3.8, 4) is 0 Å². The molecular weight excluding hydrogens is 290 g/mol. The Morgan fingerprint density at radius 1 is 1.26 bits per heavy atom. The van der Waals surface area contributed by atoms with E-state index in [0.717, 1.165) is 52.2 Å². The third-order valence-electron chi connectivity index (χ3n) is 5.36. The molecule has 134 valence electrons. The summed E-state index contributed by atoms with van der Waals surface area (Å²) in [6, 6.07) is 0.618. The van der Waals surface area contributed by atoms with Gasteiger partial charge in [0.25, 0.3) is 0 Å². The van der Waals surface area contributed by atoms with Crippen LogP contribution in [0.25, 0.3) is 0 Å². The normalized spacial score (nSPS) is 28.6. The van der Waals surface area contributed by atoms with Crippen molar-refractivity contribution in [3.05, 3.63) is 0 Å². The lowest BCUT2D eigenvalue weighted by atomic mass is 9.81. The molecule has 2 aliphatic rings. The van der Waals surface area contributed by atoms with Crippen molar-refractivity contribution in [1.29, 1.82) is 0 Å². The number of nitrogens with one attached hydrogen (secondary N) is 1. The van der Waals surface area contributed by atoms with Crippen molar-refractivity contribution in [3.63, 3.8) is 0 Å². The van der Waals surface area contributed by atoms with Crippen LogP contribution in [0.5, 0.6) is 0 Å². The van der Waals surface area contributed by atoms with Gasteiger partial charge in [0, 0.05) is 38.2 Å². The third kappa shape index (κ3) is 4.60. The lowest BCUT2D eigenvalue weighted by molar-refractivity contribution is 0.00757. The number of ether oxygens (including phenoxy) is 1. The number of hydrogen-bond donors (Lipinski definition) is 1. The van der Waals surface area contributed by atoms with E-state index in [2.05, 4.69) is 44.8 Å². The zero-order valence-corrected chi connectivity index (χ0v) is 15.6.